The van der Waals surface area contributed by atoms with Gasteiger partial charge in [-0.25, -0.2) is 9.69 Å². The predicted molar refractivity (Wildman–Crippen MR) is 103 cm³/mol. The summed E-state index contributed by atoms with van der Waals surface area (Å²) in [6, 6.07) is 12.9. The van der Waals surface area contributed by atoms with E-state index in [1.807, 2.05) is 0 Å². The van der Waals surface area contributed by atoms with Gasteiger partial charge in [0.15, 0.2) is 17.6 Å². The number of ketones is 2. The molecule has 3 atom stereocenters. The number of Topliss-reactive ketones (excluding diaryl/α,β-unsaturated/α-hetero) is 2. The van der Waals surface area contributed by atoms with E-state index >= 15 is 0 Å². The van der Waals surface area contributed by atoms with Crippen molar-refractivity contribution >= 4 is 40.7 Å². The van der Waals surface area contributed by atoms with Crippen LogP contribution in [0, 0.1) is 17.8 Å². The lowest BCUT2D eigenvalue weighted by Gasteiger charge is -2.17. The molecule has 148 valence electrons. The van der Waals surface area contributed by atoms with E-state index in [-0.39, 0.29) is 16.8 Å². The standard InChI is InChI=1S/C22H14N2O6/c25-18-11-8-4-5-9-12(11)19(26)15(18)16-13-14(17(23-16)22(29)30)21(28)24(20(13)27)10-6-2-1-3-7-10/h1-9,13-15,17H,(H,29,30)/t13-,14-,17-/m0/s1. The lowest BCUT2D eigenvalue weighted by Crippen LogP contribution is -2.37. The Hall–Kier alpha value is -3.94. The van der Waals surface area contributed by atoms with E-state index < -0.39 is 53.1 Å². The number of carbonyl (C=O) groups is 5. The number of benzene rings is 2. The third-order valence-electron chi connectivity index (χ3n) is 5.84. The molecule has 2 aliphatic heterocycles. The number of fused-ring (bicyclic) bond motifs is 2. The van der Waals surface area contributed by atoms with E-state index in [1.165, 1.54) is 12.1 Å². The first-order valence-electron chi connectivity index (χ1n) is 9.32. The number of hydrogen-bond acceptors (Lipinski definition) is 6. The van der Waals surface area contributed by atoms with Crippen LogP contribution in [0.15, 0.2) is 59.6 Å². The van der Waals surface area contributed by atoms with Crippen LogP contribution in [-0.2, 0) is 14.4 Å². The lowest BCUT2D eigenvalue weighted by atomic mass is 9.82. The molecule has 5 rings (SSSR count). The number of aliphatic carboxylic acids is 1. The zero-order valence-corrected chi connectivity index (χ0v) is 15.4. The van der Waals surface area contributed by atoms with Gasteiger partial charge in [-0.2, -0.15) is 0 Å². The molecule has 8 heteroatoms. The molecule has 2 aromatic carbocycles. The molecule has 2 amide bonds. The maximum atomic E-state index is 13.2. The van der Waals surface area contributed by atoms with Gasteiger partial charge < -0.3 is 5.11 Å². The van der Waals surface area contributed by atoms with Gasteiger partial charge in [0.1, 0.15) is 5.92 Å². The maximum absolute atomic E-state index is 13.2. The molecule has 0 radical (unpaired) electrons. The summed E-state index contributed by atoms with van der Waals surface area (Å²) < 4.78 is 0. The zero-order valence-electron chi connectivity index (χ0n) is 15.4. The highest BCUT2D eigenvalue weighted by Gasteiger charge is 2.62. The largest absolute Gasteiger partial charge is 0.480 e. The maximum Gasteiger partial charge on any atom is 0.329 e. The number of anilines is 1. The Morgan fingerprint density at radius 1 is 0.833 bits per heavy atom. The highest BCUT2D eigenvalue weighted by atomic mass is 16.4. The average Bonchev–Trinajstić information content (AvgIpc) is 3.33. The fourth-order valence-electron chi connectivity index (χ4n) is 4.55. The summed E-state index contributed by atoms with van der Waals surface area (Å²) in [5.74, 6) is -7.73. The molecule has 0 spiro atoms. The Morgan fingerprint density at radius 2 is 1.40 bits per heavy atom. The van der Waals surface area contributed by atoms with Crippen molar-refractivity contribution in [3.63, 3.8) is 0 Å². The molecule has 0 bridgehead atoms. The highest BCUT2D eigenvalue weighted by Crippen LogP contribution is 2.43. The van der Waals surface area contributed by atoms with Gasteiger partial charge in [0.05, 0.1) is 17.5 Å². The summed E-state index contributed by atoms with van der Waals surface area (Å²) in [4.78, 5) is 69.0. The van der Waals surface area contributed by atoms with Crippen LogP contribution in [0.3, 0.4) is 0 Å². The van der Waals surface area contributed by atoms with Crippen molar-refractivity contribution in [3.05, 3.63) is 65.7 Å². The quantitative estimate of drug-likeness (QED) is 0.612. The molecule has 0 unspecified atom stereocenters. The van der Waals surface area contributed by atoms with Crippen LogP contribution in [0.4, 0.5) is 5.69 Å². The molecule has 3 aliphatic rings. The first-order valence-corrected chi connectivity index (χ1v) is 9.32. The molecular weight excluding hydrogens is 388 g/mol. The van der Waals surface area contributed by atoms with Crippen LogP contribution in [0.2, 0.25) is 0 Å². The van der Waals surface area contributed by atoms with Crippen LogP contribution in [0.1, 0.15) is 20.7 Å². The van der Waals surface area contributed by atoms with Crippen molar-refractivity contribution in [2.75, 3.05) is 4.90 Å². The van der Waals surface area contributed by atoms with Gasteiger partial charge in [-0.05, 0) is 12.1 Å². The summed E-state index contributed by atoms with van der Waals surface area (Å²) in [6.45, 7) is 0. The molecule has 0 saturated carbocycles. The Balaban J connectivity index is 1.61. The topological polar surface area (TPSA) is 121 Å². The molecule has 2 aromatic rings. The SMILES string of the molecule is O=C1c2ccccc2C(=O)C1C1=N[C@H](C(=O)O)[C@H]2C(=O)N(c3ccccc3)C(=O)[C@H]12. The first-order chi connectivity index (χ1) is 14.4. The van der Waals surface area contributed by atoms with Crippen molar-refractivity contribution in [1.29, 1.82) is 0 Å². The van der Waals surface area contributed by atoms with Crippen molar-refractivity contribution in [3.8, 4) is 0 Å². The third kappa shape index (κ3) is 2.27. The fourth-order valence-corrected chi connectivity index (χ4v) is 4.55. The van der Waals surface area contributed by atoms with Gasteiger partial charge in [0.2, 0.25) is 11.8 Å². The van der Waals surface area contributed by atoms with Crippen LogP contribution in [0.5, 0.6) is 0 Å². The van der Waals surface area contributed by atoms with E-state index in [0.29, 0.717) is 5.69 Å². The summed E-state index contributed by atoms with van der Waals surface area (Å²) in [7, 11) is 0. The minimum Gasteiger partial charge on any atom is -0.480 e. The van der Waals surface area contributed by atoms with E-state index in [9.17, 15) is 29.1 Å². The number of rotatable bonds is 3. The third-order valence-corrected chi connectivity index (χ3v) is 5.84. The summed E-state index contributed by atoms with van der Waals surface area (Å²) >= 11 is 0. The predicted octanol–water partition coefficient (Wildman–Crippen LogP) is 1.40. The van der Waals surface area contributed by atoms with Crippen molar-refractivity contribution in [2.45, 2.75) is 6.04 Å². The molecule has 30 heavy (non-hydrogen) atoms. The smallest absolute Gasteiger partial charge is 0.329 e. The lowest BCUT2D eigenvalue weighted by molar-refractivity contribution is -0.141. The van der Waals surface area contributed by atoms with Crippen LogP contribution in [-0.4, -0.2) is 46.2 Å². The van der Waals surface area contributed by atoms with E-state index in [4.69, 9.17) is 0 Å². The molecule has 0 aromatic heterocycles. The van der Waals surface area contributed by atoms with Crippen LogP contribution in [0.25, 0.3) is 0 Å². The second-order valence-corrected chi connectivity index (χ2v) is 7.40. The fraction of sp³-hybridized carbons (Fsp3) is 0.182. The van der Waals surface area contributed by atoms with Gasteiger partial charge in [0, 0.05) is 16.8 Å². The summed E-state index contributed by atoms with van der Waals surface area (Å²) in [5.41, 5.74) is 0.595. The highest BCUT2D eigenvalue weighted by molar-refractivity contribution is 6.41. The van der Waals surface area contributed by atoms with Crippen LogP contribution >= 0.6 is 0 Å². The van der Waals surface area contributed by atoms with Gasteiger partial charge >= 0.3 is 5.97 Å². The van der Waals surface area contributed by atoms with Gasteiger partial charge in [-0.15, -0.1) is 0 Å². The molecule has 1 N–H and O–H groups in total. The van der Waals surface area contributed by atoms with Crippen LogP contribution < -0.4 is 4.90 Å². The number of hydrogen-bond donors (Lipinski definition) is 1. The minimum atomic E-state index is -1.53. The zero-order chi connectivity index (χ0) is 21.2. The number of carboxylic acids is 1. The monoisotopic (exact) mass is 402 g/mol. The molecule has 1 aliphatic carbocycles. The summed E-state index contributed by atoms with van der Waals surface area (Å²) in [5, 5.41) is 9.63. The normalized spacial score (nSPS) is 25.5. The van der Waals surface area contributed by atoms with Crippen molar-refractivity contribution < 1.29 is 29.1 Å². The number of amides is 2. The minimum absolute atomic E-state index is 0.129. The number of para-hydroxylation sites is 1. The Morgan fingerprint density at radius 3 is 1.97 bits per heavy atom. The van der Waals surface area contributed by atoms with Crippen molar-refractivity contribution in [1.82, 2.24) is 0 Å². The number of carboxylic acid groups (broad SMARTS) is 1. The number of aliphatic imine (C=N–C) groups is 1. The first kappa shape index (κ1) is 18.1. The molecule has 8 nitrogen and oxygen atoms in total. The van der Waals surface area contributed by atoms with E-state index in [1.54, 1.807) is 42.5 Å². The van der Waals surface area contributed by atoms with Gasteiger partial charge in [0.25, 0.3) is 0 Å². The second-order valence-electron chi connectivity index (χ2n) is 7.40. The number of nitrogens with zero attached hydrogens (tertiary/aromatic N) is 2. The number of carbonyl (C=O) groups excluding carboxylic acids is 4. The second kappa shape index (κ2) is 6.28. The Labute approximate surface area is 169 Å². The van der Waals surface area contributed by atoms with E-state index in [0.717, 1.165) is 4.90 Å². The van der Waals surface area contributed by atoms with Gasteiger partial charge in [-0.3, -0.25) is 24.2 Å². The Bertz CT molecular complexity index is 1150. The molecule has 1 fully saturated rings. The van der Waals surface area contributed by atoms with E-state index in [2.05, 4.69) is 4.99 Å². The summed E-state index contributed by atoms with van der Waals surface area (Å²) in [6.07, 6.45) is 0. The van der Waals surface area contributed by atoms with Crippen molar-refractivity contribution in [2.24, 2.45) is 22.7 Å². The number of imide groups is 1. The molecule has 2 heterocycles. The van der Waals surface area contributed by atoms with Gasteiger partial charge in [-0.1, -0.05) is 42.5 Å². The molecule has 1 saturated heterocycles. The average molecular weight is 402 g/mol. The molecular formula is C22H14N2O6. The Kier molecular flexibility index (Phi) is 3.79.